The van der Waals surface area contributed by atoms with E-state index in [0.29, 0.717) is 11.1 Å². The van der Waals surface area contributed by atoms with Crippen molar-refractivity contribution in [2.75, 3.05) is 0 Å². The summed E-state index contributed by atoms with van der Waals surface area (Å²) >= 11 is 0. The average Bonchev–Trinajstić information content (AvgIpc) is 2.48. The number of amides is 1. The van der Waals surface area contributed by atoms with Gasteiger partial charge in [-0.05, 0) is 19.1 Å². The molecule has 3 nitrogen and oxygen atoms in total. The highest BCUT2D eigenvalue weighted by Gasteiger charge is 2.17. The number of rotatable bonds is 4. The van der Waals surface area contributed by atoms with Crippen molar-refractivity contribution in [2.45, 2.75) is 13.0 Å². The summed E-state index contributed by atoms with van der Waals surface area (Å²) in [6.45, 7) is 1.69. The summed E-state index contributed by atoms with van der Waals surface area (Å²) < 4.78 is 0. The van der Waals surface area contributed by atoms with Crippen molar-refractivity contribution in [1.29, 1.82) is 0 Å². The Kier molecular flexibility index (Phi) is 4.08. The van der Waals surface area contributed by atoms with Crippen LogP contribution in [0.1, 0.15) is 27.6 Å². The fourth-order valence-corrected chi connectivity index (χ4v) is 1.79. The highest BCUT2D eigenvalue weighted by atomic mass is 16.2. The van der Waals surface area contributed by atoms with E-state index in [0.717, 1.165) is 0 Å². The number of hydrogen-bond donors (Lipinski definition) is 1. The molecule has 96 valence electrons. The Balaban J connectivity index is 2.04. The van der Waals surface area contributed by atoms with Crippen molar-refractivity contribution in [3.8, 4) is 0 Å². The van der Waals surface area contributed by atoms with Gasteiger partial charge in [-0.2, -0.15) is 0 Å². The van der Waals surface area contributed by atoms with Gasteiger partial charge in [0.05, 0.1) is 6.04 Å². The maximum atomic E-state index is 12.1. The molecule has 0 saturated carbocycles. The first kappa shape index (κ1) is 13.0. The topological polar surface area (TPSA) is 46.2 Å². The van der Waals surface area contributed by atoms with Crippen LogP contribution in [0.4, 0.5) is 0 Å². The first-order valence-electron chi connectivity index (χ1n) is 6.13. The minimum absolute atomic E-state index is 0.0927. The fourth-order valence-electron chi connectivity index (χ4n) is 1.79. The summed E-state index contributed by atoms with van der Waals surface area (Å²) in [6.07, 6.45) is 0. The lowest BCUT2D eigenvalue weighted by molar-refractivity contribution is 0.0865. The third-order valence-electron chi connectivity index (χ3n) is 2.84. The maximum Gasteiger partial charge on any atom is 0.251 e. The zero-order valence-corrected chi connectivity index (χ0v) is 10.7. The molecule has 0 aliphatic carbocycles. The molecule has 0 spiro atoms. The Morgan fingerprint density at radius 1 is 0.842 bits per heavy atom. The van der Waals surface area contributed by atoms with E-state index in [1.54, 1.807) is 55.5 Å². The Morgan fingerprint density at radius 3 is 1.84 bits per heavy atom. The highest BCUT2D eigenvalue weighted by molar-refractivity contribution is 6.04. The Labute approximate surface area is 112 Å². The smallest absolute Gasteiger partial charge is 0.251 e. The quantitative estimate of drug-likeness (QED) is 0.851. The Bertz CT molecular complexity index is 564. The lowest BCUT2D eigenvalue weighted by Crippen LogP contribution is -2.38. The number of carbonyl (C=O) groups is 2. The van der Waals surface area contributed by atoms with E-state index in [2.05, 4.69) is 5.32 Å². The first-order valence-corrected chi connectivity index (χ1v) is 6.13. The Morgan fingerprint density at radius 2 is 1.32 bits per heavy atom. The van der Waals surface area contributed by atoms with Crippen molar-refractivity contribution < 1.29 is 9.59 Å². The molecule has 0 fully saturated rings. The summed E-state index contributed by atoms with van der Waals surface area (Å²) in [5.41, 5.74) is 1.15. The van der Waals surface area contributed by atoms with E-state index in [4.69, 9.17) is 0 Å². The molecule has 0 radical (unpaired) electrons. The third-order valence-corrected chi connectivity index (χ3v) is 2.84. The third kappa shape index (κ3) is 3.28. The van der Waals surface area contributed by atoms with Gasteiger partial charge in [-0.15, -0.1) is 0 Å². The zero-order chi connectivity index (χ0) is 13.7. The van der Waals surface area contributed by atoms with Gasteiger partial charge < -0.3 is 5.32 Å². The molecular formula is C16H15NO2. The predicted octanol–water partition coefficient (Wildman–Crippen LogP) is 2.69. The zero-order valence-electron chi connectivity index (χ0n) is 10.7. The molecule has 19 heavy (non-hydrogen) atoms. The number of nitrogens with one attached hydrogen (secondary N) is 1. The molecule has 1 amide bonds. The number of benzene rings is 2. The van der Waals surface area contributed by atoms with Gasteiger partial charge in [-0.3, -0.25) is 9.59 Å². The highest BCUT2D eigenvalue weighted by Crippen LogP contribution is 2.05. The van der Waals surface area contributed by atoms with E-state index < -0.39 is 6.04 Å². The second-order valence-electron chi connectivity index (χ2n) is 4.29. The van der Waals surface area contributed by atoms with Gasteiger partial charge in [0.25, 0.3) is 5.91 Å². The van der Waals surface area contributed by atoms with Crippen LogP contribution in [0.25, 0.3) is 0 Å². The van der Waals surface area contributed by atoms with E-state index in [9.17, 15) is 9.59 Å². The van der Waals surface area contributed by atoms with E-state index in [-0.39, 0.29) is 11.7 Å². The standard InChI is InChI=1S/C16H15NO2/c1-12(15(18)13-8-4-2-5-9-13)17-16(19)14-10-6-3-7-11-14/h2-12H,1H3,(H,17,19)/t12-/m1/s1. The van der Waals surface area contributed by atoms with Crippen LogP contribution in [0, 0.1) is 0 Å². The minimum Gasteiger partial charge on any atom is -0.342 e. The largest absolute Gasteiger partial charge is 0.342 e. The molecule has 2 aromatic rings. The van der Waals surface area contributed by atoms with Gasteiger partial charge in [0, 0.05) is 11.1 Å². The number of carbonyl (C=O) groups excluding carboxylic acids is 2. The van der Waals surface area contributed by atoms with Crippen LogP contribution in [-0.4, -0.2) is 17.7 Å². The van der Waals surface area contributed by atoms with Crippen LogP contribution in [0.15, 0.2) is 60.7 Å². The van der Waals surface area contributed by atoms with E-state index >= 15 is 0 Å². The van der Waals surface area contributed by atoms with Crippen LogP contribution in [-0.2, 0) is 0 Å². The molecule has 3 heteroatoms. The van der Waals surface area contributed by atoms with Crippen molar-refractivity contribution >= 4 is 11.7 Å². The molecule has 1 atom stereocenters. The summed E-state index contributed by atoms with van der Waals surface area (Å²) in [7, 11) is 0. The molecule has 2 aromatic carbocycles. The van der Waals surface area contributed by atoms with Gasteiger partial charge >= 0.3 is 0 Å². The Hall–Kier alpha value is -2.42. The van der Waals surface area contributed by atoms with E-state index in [1.165, 1.54) is 0 Å². The monoisotopic (exact) mass is 253 g/mol. The van der Waals surface area contributed by atoms with Gasteiger partial charge in [0.1, 0.15) is 0 Å². The van der Waals surface area contributed by atoms with Gasteiger partial charge in [-0.1, -0.05) is 48.5 Å². The summed E-state index contributed by atoms with van der Waals surface area (Å²) in [5.74, 6) is -0.331. The second-order valence-corrected chi connectivity index (χ2v) is 4.29. The van der Waals surface area contributed by atoms with Crippen molar-refractivity contribution in [1.82, 2.24) is 5.32 Å². The molecule has 0 heterocycles. The van der Waals surface area contributed by atoms with Crippen LogP contribution < -0.4 is 5.32 Å². The molecule has 2 rings (SSSR count). The summed E-state index contributed by atoms with van der Waals surface area (Å²) in [5, 5.41) is 2.71. The molecule has 0 unspecified atom stereocenters. The van der Waals surface area contributed by atoms with Crippen LogP contribution in [0.5, 0.6) is 0 Å². The molecule has 0 bridgehead atoms. The van der Waals surface area contributed by atoms with E-state index in [1.807, 2.05) is 12.1 Å². The average molecular weight is 253 g/mol. The van der Waals surface area contributed by atoms with Crippen molar-refractivity contribution in [3.05, 3.63) is 71.8 Å². The number of Topliss-reactive ketones (excluding diaryl/α,β-unsaturated/α-hetero) is 1. The minimum atomic E-state index is -0.546. The SMILES string of the molecule is C[C@@H](NC(=O)c1ccccc1)C(=O)c1ccccc1. The molecular weight excluding hydrogens is 238 g/mol. The van der Waals surface area contributed by atoms with Crippen LogP contribution in [0.3, 0.4) is 0 Å². The summed E-state index contributed by atoms with van der Waals surface area (Å²) in [4.78, 5) is 24.0. The van der Waals surface area contributed by atoms with Gasteiger partial charge in [-0.25, -0.2) is 0 Å². The lowest BCUT2D eigenvalue weighted by atomic mass is 10.1. The normalized spacial score (nSPS) is 11.6. The molecule has 0 aliphatic heterocycles. The lowest BCUT2D eigenvalue weighted by Gasteiger charge is -2.12. The van der Waals surface area contributed by atoms with Crippen molar-refractivity contribution in [2.24, 2.45) is 0 Å². The van der Waals surface area contributed by atoms with Crippen LogP contribution >= 0.6 is 0 Å². The fraction of sp³-hybridized carbons (Fsp3) is 0.125. The maximum absolute atomic E-state index is 12.1. The molecule has 1 N–H and O–H groups in total. The number of hydrogen-bond acceptors (Lipinski definition) is 2. The van der Waals surface area contributed by atoms with Gasteiger partial charge in [0.15, 0.2) is 5.78 Å². The van der Waals surface area contributed by atoms with Crippen molar-refractivity contribution in [3.63, 3.8) is 0 Å². The molecule has 0 aliphatic rings. The first-order chi connectivity index (χ1) is 9.18. The molecule has 0 saturated heterocycles. The van der Waals surface area contributed by atoms with Gasteiger partial charge in [0.2, 0.25) is 0 Å². The number of ketones is 1. The van der Waals surface area contributed by atoms with Crippen LogP contribution in [0.2, 0.25) is 0 Å². The summed E-state index contributed by atoms with van der Waals surface area (Å²) in [6, 6.07) is 17.3. The predicted molar refractivity (Wildman–Crippen MR) is 74.1 cm³/mol. The molecule has 0 aromatic heterocycles. The second kappa shape index (κ2) is 5.96.